The SMILES string of the molecule is CCCC(N)C(O)Cc1cccc2c1OCO2. The second-order valence-electron chi connectivity index (χ2n) is 4.37. The number of ether oxygens (including phenoxy) is 2. The van der Waals surface area contributed by atoms with E-state index in [0.717, 1.165) is 29.9 Å². The topological polar surface area (TPSA) is 64.7 Å². The monoisotopic (exact) mass is 237 g/mol. The molecule has 1 heterocycles. The van der Waals surface area contributed by atoms with Crippen LogP contribution in [-0.4, -0.2) is 24.0 Å². The van der Waals surface area contributed by atoms with Crippen LogP contribution in [-0.2, 0) is 6.42 Å². The van der Waals surface area contributed by atoms with Crippen LogP contribution in [0.15, 0.2) is 18.2 Å². The Morgan fingerprint density at radius 2 is 2.24 bits per heavy atom. The summed E-state index contributed by atoms with van der Waals surface area (Å²) in [5, 5.41) is 10.0. The van der Waals surface area contributed by atoms with E-state index >= 15 is 0 Å². The number of benzene rings is 1. The van der Waals surface area contributed by atoms with E-state index < -0.39 is 6.10 Å². The highest BCUT2D eigenvalue weighted by atomic mass is 16.7. The molecule has 1 aromatic carbocycles. The van der Waals surface area contributed by atoms with E-state index in [1.165, 1.54) is 0 Å². The molecule has 0 bridgehead atoms. The number of rotatable bonds is 5. The molecule has 1 aliphatic rings. The van der Waals surface area contributed by atoms with Crippen molar-refractivity contribution in [3.05, 3.63) is 23.8 Å². The lowest BCUT2D eigenvalue weighted by Gasteiger charge is -2.18. The lowest BCUT2D eigenvalue weighted by molar-refractivity contribution is 0.137. The van der Waals surface area contributed by atoms with Gasteiger partial charge in [0.05, 0.1) is 6.10 Å². The van der Waals surface area contributed by atoms with Crippen LogP contribution in [0.5, 0.6) is 11.5 Å². The van der Waals surface area contributed by atoms with E-state index in [2.05, 4.69) is 6.92 Å². The maximum Gasteiger partial charge on any atom is 0.231 e. The summed E-state index contributed by atoms with van der Waals surface area (Å²) in [6, 6.07) is 5.53. The van der Waals surface area contributed by atoms with Gasteiger partial charge in [-0.1, -0.05) is 25.5 Å². The second-order valence-corrected chi connectivity index (χ2v) is 4.37. The highest BCUT2D eigenvalue weighted by Crippen LogP contribution is 2.36. The predicted molar refractivity (Wildman–Crippen MR) is 65.2 cm³/mol. The Balaban J connectivity index is 2.06. The number of aliphatic hydroxyl groups excluding tert-OH is 1. The molecule has 3 N–H and O–H groups in total. The molecule has 94 valence electrons. The standard InChI is InChI=1S/C13H19NO3/c1-2-4-10(14)11(15)7-9-5-3-6-12-13(9)17-8-16-12/h3,5-6,10-11,15H,2,4,7-8,14H2,1H3. The summed E-state index contributed by atoms with van der Waals surface area (Å²) in [5.41, 5.74) is 6.86. The second kappa shape index (κ2) is 5.38. The minimum Gasteiger partial charge on any atom is -0.454 e. The first-order valence-corrected chi connectivity index (χ1v) is 6.03. The van der Waals surface area contributed by atoms with E-state index in [-0.39, 0.29) is 12.8 Å². The van der Waals surface area contributed by atoms with Crippen molar-refractivity contribution in [1.29, 1.82) is 0 Å². The minimum atomic E-state index is -0.536. The minimum absolute atomic E-state index is 0.182. The molecule has 0 radical (unpaired) electrons. The van der Waals surface area contributed by atoms with Gasteiger partial charge in [0.1, 0.15) is 0 Å². The van der Waals surface area contributed by atoms with Crippen molar-refractivity contribution in [1.82, 2.24) is 0 Å². The summed E-state index contributed by atoms with van der Waals surface area (Å²) in [6.07, 6.45) is 1.78. The van der Waals surface area contributed by atoms with Gasteiger partial charge in [-0.15, -0.1) is 0 Å². The van der Waals surface area contributed by atoms with Gasteiger partial charge >= 0.3 is 0 Å². The molecule has 0 aliphatic carbocycles. The van der Waals surface area contributed by atoms with Gasteiger partial charge in [-0.05, 0) is 12.5 Å². The molecule has 2 unspecified atom stereocenters. The van der Waals surface area contributed by atoms with Crippen molar-refractivity contribution >= 4 is 0 Å². The van der Waals surface area contributed by atoms with E-state index in [1.54, 1.807) is 0 Å². The van der Waals surface area contributed by atoms with Crippen LogP contribution in [0.2, 0.25) is 0 Å². The summed E-state index contributed by atoms with van der Waals surface area (Å²) in [4.78, 5) is 0. The summed E-state index contributed by atoms with van der Waals surface area (Å²) in [7, 11) is 0. The fourth-order valence-corrected chi connectivity index (χ4v) is 2.05. The van der Waals surface area contributed by atoms with Crippen molar-refractivity contribution in [2.24, 2.45) is 5.73 Å². The molecule has 1 aliphatic heterocycles. The van der Waals surface area contributed by atoms with Crippen molar-refractivity contribution in [2.45, 2.75) is 38.3 Å². The van der Waals surface area contributed by atoms with Crippen LogP contribution in [0.3, 0.4) is 0 Å². The zero-order chi connectivity index (χ0) is 12.3. The lowest BCUT2D eigenvalue weighted by Crippen LogP contribution is -2.36. The number of nitrogens with two attached hydrogens (primary N) is 1. The third-order valence-corrected chi connectivity index (χ3v) is 3.02. The van der Waals surface area contributed by atoms with Gasteiger partial charge < -0.3 is 20.3 Å². The van der Waals surface area contributed by atoms with Crippen molar-refractivity contribution in [3.8, 4) is 11.5 Å². The van der Waals surface area contributed by atoms with Crippen molar-refractivity contribution in [2.75, 3.05) is 6.79 Å². The maximum atomic E-state index is 10.0. The molecule has 0 saturated carbocycles. The average Bonchev–Trinajstić information content (AvgIpc) is 2.78. The third kappa shape index (κ3) is 2.70. The molecular formula is C13H19NO3. The zero-order valence-corrected chi connectivity index (χ0v) is 10.1. The Morgan fingerprint density at radius 1 is 1.41 bits per heavy atom. The van der Waals surface area contributed by atoms with Gasteiger partial charge in [0, 0.05) is 18.0 Å². The lowest BCUT2D eigenvalue weighted by atomic mass is 9.99. The molecule has 0 fully saturated rings. The van der Waals surface area contributed by atoms with Gasteiger partial charge in [-0.25, -0.2) is 0 Å². The van der Waals surface area contributed by atoms with Crippen LogP contribution in [0.25, 0.3) is 0 Å². The fourth-order valence-electron chi connectivity index (χ4n) is 2.05. The van der Waals surface area contributed by atoms with Crippen LogP contribution < -0.4 is 15.2 Å². The Hall–Kier alpha value is -1.26. The van der Waals surface area contributed by atoms with Crippen molar-refractivity contribution in [3.63, 3.8) is 0 Å². The highest BCUT2D eigenvalue weighted by Gasteiger charge is 2.21. The quantitative estimate of drug-likeness (QED) is 0.813. The highest BCUT2D eigenvalue weighted by molar-refractivity contribution is 5.48. The molecule has 4 heteroatoms. The Labute approximate surface area is 101 Å². The molecule has 2 rings (SSSR count). The van der Waals surface area contributed by atoms with Crippen LogP contribution in [0.4, 0.5) is 0 Å². The Kier molecular flexibility index (Phi) is 3.86. The first-order chi connectivity index (χ1) is 8.22. The van der Waals surface area contributed by atoms with E-state index in [0.29, 0.717) is 6.42 Å². The molecule has 17 heavy (non-hydrogen) atoms. The maximum absolute atomic E-state index is 10.0. The predicted octanol–water partition coefficient (Wildman–Crippen LogP) is 1.45. The molecule has 0 saturated heterocycles. The number of fused-ring (bicyclic) bond motifs is 1. The number of hydrogen-bond donors (Lipinski definition) is 2. The third-order valence-electron chi connectivity index (χ3n) is 3.02. The molecule has 0 aromatic heterocycles. The summed E-state index contributed by atoms with van der Waals surface area (Å²) < 4.78 is 10.7. The van der Waals surface area contributed by atoms with E-state index in [4.69, 9.17) is 15.2 Å². The number of para-hydroxylation sites is 1. The van der Waals surface area contributed by atoms with Crippen LogP contribution >= 0.6 is 0 Å². The average molecular weight is 237 g/mol. The molecule has 0 amide bonds. The Morgan fingerprint density at radius 3 is 3.00 bits per heavy atom. The Bertz CT molecular complexity index is 381. The molecule has 1 aromatic rings. The molecule has 0 spiro atoms. The van der Waals surface area contributed by atoms with Gasteiger partial charge in [0.25, 0.3) is 0 Å². The van der Waals surface area contributed by atoms with Gasteiger partial charge in [0.15, 0.2) is 11.5 Å². The van der Waals surface area contributed by atoms with Crippen LogP contribution in [0.1, 0.15) is 25.3 Å². The van der Waals surface area contributed by atoms with Crippen LogP contribution in [0, 0.1) is 0 Å². The fraction of sp³-hybridized carbons (Fsp3) is 0.538. The number of aliphatic hydroxyl groups is 1. The molecule has 2 atom stereocenters. The number of hydrogen-bond acceptors (Lipinski definition) is 4. The zero-order valence-electron chi connectivity index (χ0n) is 10.1. The first kappa shape index (κ1) is 12.2. The smallest absolute Gasteiger partial charge is 0.231 e. The molecular weight excluding hydrogens is 218 g/mol. The normalized spacial score (nSPS) is 16.9. The van der Waals surface area contributed by atoms with E-state index in [1.807, 2.05) is 18.2 Å². The van der Waals surface area contributed by atoms with Crippen molar-refractivity contribution < 1.29 is 14.6 Å². The summed E-state index contributed by atoms with van der Waals surface area (Å²) in [6.45, 7) is 2.31. The van der Waals surface area contributed by atoms with Gasteiger partial charge in [-0.3, -0.25) is 0 Å². The summed E-state index contributed by atoms with van der Waals surface area (Å²) in [5.74, 6) is 1.49. The largest absolute Gasteiger partial charge is 0.454 e. The van der Waals surface area contributed by atoms with E-state index in [9.17, 15) is 5.11 Å². The summed E-state index contributed by atoms with van der Waals surface area (Å²) >= 11 is 0. The molecule has 4 nitrogen and oxygen atoms in total. The van der Waals surface area contributed by atoms with Gasteiger partial charge in [0.2, 0.25) is 6.79 Å². The van der Waals surface area contributed by atoms with Gasteiger partial charge in [-0.2, -0.15) is 0 Å². The first-order valence-electron chi connectivity index (χ1n) is 6.03.